The van der Waals surface area contributed by atoms with Crippen LogP contribution in [-0.4, -0.2) is 31.1 Å². The third-order valence-corrected chi connectivity index (χ3v) is 5.17. The summed E-state index contributed by atoms with van der Waals surface area (Å²) in [4.78, 5) is 11.4. The van der Waals surface area contributed by atoms with Crippen LogP contribution in [0.3, 0.4) is 0 Å². The van der Waals surface area contributed by atoms with E-state index in [1.165, 1.54) is 25.7 Å². The quantitative estimate of drug-likeness (QED) is 0.1000. The Morgan fingerprint density at radius 2 is 1.28 bits per heavy atom. The van der Waals surface area contributed by atoms with Gasteiger partial charge in [-0.3, -0.25) is 8.98 Å². The molecule has 0 fully saturated rings. The molecule has 168 valence electrons. The molecule has 0 radical (unpaired) electrons. The van der Waals surface area contributed by atoms with Crippen molar-refractivity contribution in [1.29, 1.82) is 0 Å². The van der Waals surface area contributed by atoms with Crippen molar-refractivity contribution in [2.24, 2.45) is 0 Å². The molecule has 0 bridgehead atoms. The van der Waals surface area contributed by atoms with Crippen molar-refractivity contribution in [2.75, 3.05) is 0 Å². The molecule has 0 spiro atoms. The molecule has 29 heavy (non-hydrogen) atoms. The third-order valence-electron chi connectivity index (χ3n) is 4.66. The van der Waals surface area contributed by atoms with Crippen molar-refractivity contribution in [3.63, 3.8) is 0 Å². The first-order valence-electron chi connectivity index (χ1n) is 11.1. The van der Waals surface area contributed by atoms with E-state index in [1.807, 2.05) is 13.8 Å². The zero-order valence-electron chi connectivity index (χ0n) is 19.1. The Morgan fingerprint density at radius 3 is 1.72 bits per heavy atom. The van der Waals surface area contributed by atoms with Crippen LogP contribution in [0.15, 0.2) is 0 Å². The topological polar surface area (TPSA) is 92.7 Å². The monoisotopic (exact) mass is 444 g/mol. The van der Waals surface area contributed by atoms with Crippen LogP contribution < -0.4 is 29.6 Å². The number of rotatable bonds is 19. The van der Waals surface area contributed by atoms with Gasteiger partial charge in [0.25, 0.3) is 0 Å². The molecule has 0 aromatic rings. The fraction of sp³-hybridized carbons (Fsp3) is 0.952. The minimum absolute atomic E-state index is 0. The van der Waals surface area contributed by atoms with Gasteiger partial charge in [-0.05, 0) is 33.1 Å². The third kappa shape index (κ3) is 24.5. The van der Waals surface area contributed by atoms with Crippen LogP contribution in [0.25, 0.3) is 0 Å². The van der Waals surface area contributed by atoms with Gasteiger partial charge >= 0.3 is 35.5 Å². The van der Waals surface area contributed by atoms with Crippen molar-refractivity contribution >= 4 is 16.4 Å². The van der Waals surface area contributed by atoms with Crippen LogP contribution >= 0.6 is 0 Å². The van der Waals surface area contributed by atoms with Gasteiger partial charge < -0.3 is 9.29 Å². The number of carbonyl (C=O) groups is 1. The van der Waals surface area contributed by atoms with E-state index < -0.39 is 16.5 Å². The Labute approximate surface area is 201 Å². The van der Waals surface area contributed by atoms with Crippen molar-refractivity contribution < 1.29 is 56.2 Å². The first kappa shape index (κ1) is 31.5. The van der Waals surface area contributed by atoms with Gasteiger partial charge in [0.05, 0.1) is 12.2 Å². The number of ether oxygens (including phenoxy) is 1. The normalized spacial score (nSPS) is 12.6. The van der Waals surface area contributed by atoms with Crippen molar-refractivity contribution in [3.8, 4) is 0 Å². The predicted molar refractivity (Wildman–Crippen MR) is 111 cm³/mol. The van der Waals surface area contributed by atoms with E-state index in [0.717, 1.165) is 51.4 Å². The van der Waals surface area contributed by atoms with Crippen LogP contribution in [0.4, 0.5) is 0 Å². The van der Waals surface area contributed by atoms with E-state index in [0.29, 0.717) is 19.3 Å². The number of hydrogen-bond acceptors (Lipinski definition) is 6. The van der Waals surface area contributed by atoms with Crippen molar-refractivity contribution in [2.45, 2.75) is 129 Å². The van der Waals surface area contributed by atoms with Gasteiger partial charge in [0.1, 0.15) is 0 Å². The second kappa shape index (κ2) is 20.3. The molecule has 0 aromatic heterocycles. The summed E-state index contributed by atoms with van der Waals surface area (Å²) in [5.41, 5.74) is 0. The van der Waals surface area contributed by atoms with Gasteiger partial charge in [-0.15, -0.1) is 0 Å². The first-order valence-corrected chi connectivity index (χ1v) is 12.4. The molecule has 0 saturated heterocycles. The molecule has 0 N–H and O–H groups in total. The summed E-state index contributed by atoms with van der Waals surface area (Å²) in [7, 11) is -4.65. The molecule has 0 heterocycles. The Morgan fingerprint density at radius 1 is 0.828 bits per heavy atom. The summed E-state index contributed by atoms with van der Waals surface area (Å²) in [6.45, 7) is 5.86. The minimum atomic E-state index is -4.65. The fourth-order valence-electron chi connectivity index (χ4n) is 3.23. The second-order valence-corrected chi connectivity index (χ2v) is 8.89. The van der Waals surface area contributed by atoms with E-state index in [2.05, 4.69) is 6.92 Å². The van der Waals surface area contributed by atoms with Crippen molar-refractivity contribution in [3.05, 3.63) is 0 Å². The predicted octanol–water partition coefficient (Wildman–Crippen LogP) is 2.66. The Bertz CT molecular complexity index is 482. The molecular formula is C21H41NaO6S. The molecule has 6 nitrogen and oxygen atoms in total. The minimum Gasteiger partial charge on any atom is -0.726 e. The molecule has 8 heteroatoms. The zero-order valence-corrected chi connectivity index (χ0v) is 21.9. The maximum Gasteiger partial charge on any atom is 1.00 e. The molecule has 0 rings (SSSR count). The standard InChI is InChI=1S/C21H42O6S.Na/c1-4-5-6-7-8-10-13-16-20(27-28(23,24)25)17-14-11-9-12-15-18-21(22)26-19(2)3;/h19-20H,4-18H2,1-3H3,(H,23,24,25);/q;+1/p-1. The zero-order chi connectivity index (χ0) is 21.3. The number of carbonyl (C=O) groups excluding carboxylic acids is 1. The van der Waals surface area contributed by atoms with Gasteiger partial charge in [-0.2, -0.15) is 0 Å². The Hall–Kier alpha value is 0.340. The summed E-state index contributed by atoms with van der Waals surface area (Å²) >= 11 is 0. The molecule has 0 aromatic carbocycles. The van der Waals surface area contributed by atoms with Gasteiger partial charge in [-0.25, -0.2) is 8.42 Å². The molecular weight excluding hydrogens is 403 g/mol. The molecule has 1 unspecified atom stereocenters. The number of esters is 1. The Balaban J connectivity index is 0. The summed E-state index contributed by atoms with van der Waals surface area (Å²) in [6, 6.07) is 0. The smallest absolute Gasteiger partial charge is 0.726 e. The van der Waals surface area contributed by atoms with E-state index in [1.54, 1.807) is 0 Å². The fourth-order valence-corrected chi connectivity index (χ4v) is 3.76. The molecule has 0 aliphatic carbocycles. The average molecular weight is 445 g/mol. The molecule has 0 amide bonds. The second-order valence-electron chi connectivity index (χ2n) is 7.88. The molecule has 0 aliphatic rings. The maximum atomic E-state index is 11.4. The number of unbranched alkanes of at least 4 members (excludes halogenated alkanes) is 10. The summed E-state index contributed by atoms with van der Waals surface area (Å²) in [5.74, 6) is -0.154. The SMILES string of the molecule is CCCCCCCCCC(CCCCCCCC(=O)OC(C)C)OS(=O)(=O)[O-].[Na+]. The average Bonchev–Trinajstić information content (AvgIpc) is 2.57. The maximum absolute atomic E-state index is 11.4. The van der Waals surface area contributed by atoms with E-state index >= 15 is 0 Å². The van der Waals surface area contributed by atoms with E-state index in [9.17, 15) is 17.8 Å². The largest absolute Gasteiger partial charge is 1.00 e. The van der Waals surface area contributed by atoms with Crippen molar-refractivity contribution in [1.82, 2.24) is 0 Å². The van der Waals surface area contributed by atoms with Gasteiger partial charge in [0, 0.05) is 6.42 Å². The van der Waals surface area contributed by atoms with Crippen LogP contribution in [-0.2, 0) is 24.1 Å². The van der Waals surface area contributed by atoms with E-state index in [4.69, 9.17) is 8.92 Å². The van der Waals surface area contributed by atoms with Crippen LogP contribution in [0, 0.1) is 0 Å². The summed E-state index contributed by atoms with van der Waals surface area (Å²) < 4.78 is 42.6. The van der Waals surface area contributed by atoms with E-state index in [-0.39, 0.29) is 41.6 Å². The van der Waals surface area contributed by atoms with Crippen LogP contribution in [0.5, 0.6) is 0 Å². The molecule has 0 aliphatic heterocycles. The van der Waals surface area contributed by atoms with Gasteiger partial charge in [0.15, 0.2) is 0 Å². The molecule has 1 atom stereocenters. The number of hydrogen-bond donors (Lipinski definition) is 0. The van der Waals surface area contributed by atoms with Gasteiger partial charge in [0.2, 0.25) is 10.4 Å². The van der Waals surface area contributed by atoms with Crippen LogP contribution in [0.2, 0.25) is 0 Å². The molecule has 0 saturated carbocycles. The summed E-state index contributed by atoms with van der Waals surface area (Å²) in [5, 5.41) is 0. The summed E-state index contributed by atoms with van der Waals surface area (Å²) in [6.07, 6.45) is 13.6. The van der Waals surface area contributed by atoms with Gasteiger partial charge in [-0.1, -0.05) is 77.6 Å². The first-order chi connectivity index (χ1) is 13.2. The Kier molecular flexibility index (Phi) is 22.0. The van der Waals surface area contributed by atoms with Crippen LogP contribution in [0.1, 0.15) is 117 Å².